The van der Waals surface area contributed by atoms with Gasteiger partial charge in [0, 0.05) is 24.2 Å². The zero-order valence-corrected chi connectivity index (χ0v) is 20.0. The molecule has 0 bridgehead atoms. The molecule has 1 atom stereocenters. The smallest absolute Gasteiger partial charge is 0.321 e. The van der Waals surface area contributed by atoms with Crippen LogP contribution in [0.2, 0.25) is 0 Å². The summed E-state index contributed by atoms with van der Waals surface area (Å²) in [4.78, 5) is 31.3. The molecule has 1 aromatic carbocycles. The number of aromatic nitrogens is 1. The summed E-state index contributed by atoms with van der Waals surface area (Å²) < 4.78 is 30.6. The molecule has 1 aliphatic heterocycles. The fourth-order valence-corrected chi connectivity index (χ4v) is 4.67. The van der Waals surface area contributed by atoms with Crippen LogP contribution in [0, 0.1) is 0 Å². The number of nitrogens with one attached hydrogen (secondary N) is 3. The van der Waals surface area contributed by atoms with E-state index in [1.807, 2.05) is 24.3 Å². The molecular formula is C23H29N5O5S. The number of carbonyl (C=O) groups is 2. The fraction of sp³-hybridized carbons (Fsp3) is 0.435. The van der Waals surface area contributed by atoms with Crippen molar-refractivity contribution in [1.82, 2.24) is 15.0 Å². The Morgan fingerprint density at radius 3 is 2.53 bits per heavy atom. The highest BCUT2D eigenvalue weighted by Gasteiger charge is 2.44. The number of methoxy groups -OCH3 is 1. The molecule has 182 valence electrons. The number of anilines is 2. The number of ether oxygens (including phenoxy) is 1. The van der Waals surface area contributed by atoms with Gasteiger partial charge < -0.3 is 15.0 Å². The van der Waals surface area contributed by atoms with Crippen LogP contribution >= 0.6 is 0 Å². The number of carbonyl (C=O) groups excluding carboxylic acids is 2. The molecule has 1 saturated heterocycles. The van der Waals surface area contributed by atoms with Crippen molar-refractivity contribution in [3.63, 3.8) is 0 Å². The Morgan fingerprint density at radius 2 is 1.94 bits per heavy atom. The summed E-state index contributed by atoms with van der Waals surface area (Å²) in [5.74, 6) is 0.763. The number of nitrogens with zero attached hydrogens (tertiary/aromatic N) is 2. The number of sulfonamides is 1. The Hall–Kier alpha value is -3.18. The van der Waals surface area contributed by atoms with Crippen LogP contribution in [0.3, 0.4) is 0 Å². The number of benzene rings is 1. The molecular weight excluding hydrogens is 458 g/mol. The second-order valence-electron chi connectivity index (χ2n) is 8.79. The van der Waals surface area contributed by atoms with E-state index in [1.54, 1.807) is 17.0 Å². The first-order chi connectivity index (χ1) is 16.2. The van der Waals surface area contributed by atoms with E-state index in [2.05, 4.69) is 20.3 Å². The number of pyridine rings is 1. The van der Waals surface area contributed by atoms with Gasteiger partial charge >= 0.3 is 6.03 Å². The van der Waals surface area contributed by atoms with Crippen LogP contribution < -0.4 is 25.0 Å². The summed E-state index contributed by atoms with van der Waals surface area (Å²) in [6.45, 7) is 0.941. The molecule has 11 heteroatoms. The summed E-state index contributed by atoms with van der Waals surface area (Å²) >= 11 is 0. The molecule has 34 heavy (non-hydrogen) atoms. The summed E-state index contributed by atoms with van der Waals surface area (Å²) in [5, 5.41) is 5.38. The molecule has 2 aromatic rings. The second kappa shape index (κ2) is 9.59. The van der Waals surface area contributed by atoms with E-state index in [-0.39, 0.29) is 11.3 Å². The second-order valence-corrected chi connectivity index (χ2v) is 10.6. The Kier molecular flexibility index (Phi) is 6.76. The third-order valence-electron chi connectivity index (χ3n) is 6.28. The Labute approximate surface area is 199 Å². The van der Waals surface area contributed by atoms with Crippen molar-refractivity contribution in [3.05, 3.63) is 48.2 Å². The molecule has 0 unspecified atom stereocenters. The molecule has 2 fully saturated rings. The van der Waals surface area contributed by atoms with Crippen molar-refractivity contribution in [3.8, 4) is 5.75 Å². The molecule has 1 aromatic heterocycles. The summed E-state index contributed by atoms with van der Waals surface area (Å²) in [6.07, 6.45) is 5.80. The van der Waals surface area contributed by atoms with Crippen molar-refractivity contribution in [1.29, 1.82) is 0 Å². The highest BCUT2D eigenvalue weighted by atomic mass is 32.2. The average molecular weight is 488 g/mol. The van der Waals surface area contributed by atoms with E-state index in [1.165, 1.54) is 13.3 Å². The molecule has 3 N–H and O–H groups in total. The number of piperidine rings is 1. The fourth-order valence-electron chi connectivity index (χ4n) is 4.13. The minimum atomic E-state index is -3.25. The van der Waals surface area contributed by atoms with Gasteiger partial charge in [0.05, 0.1) is 19.6 Å². The molecule has 0 radical (unpaired) electrons. The number of urea groups is 1. The highest BCUT2D eigenvalue weighted by molar-refractivity contribution is 7.88. The first-order valence-corrected chi connectivity index (χ1v) is 13.0. The van der Waals surface area contributed by atoms with Crippen LogP contribution in [0.5, 0.6) is 5.75 Å². The minimum absolute atomic E-state index is 0.170. The van der Waals surface area contributed by atoms with Gasteiger partial charge in [0.15, 0.2) is 0 Å². The van der Waals surface area contributed by atoms with Crippen LogP contribution in [0.1, 0.15) is 31.2 Å². The van der Waals surface area contributed by atoms with Gasteiger partial charge in [-0.15, -0.1) is 0 Å². The summed E-state index contributed by atoms with van der Waals surface area (Å²) in [7, 11) is -1.72. The largest absolute Gasteiger partial charge is 0.495 e. The van der Waals surface area contributed by atoms with Crippen LogP contribution in [0.15, 0.2) is 42.6 Å². The van der Waals surface area contributed by atoms with Crippen LogP contribution in [0.25, 0.3) is 0 Å². The zero-order valence-electron chi connectivity index (χ0n) is 19.2. The summed E-state index contributed by atoms with van der Waals surface area (Å²) in [6, 6.07) is 9.85. The van der Waals surface area contributed by atoms with E-state index in [4.69, 9.17) is 4.74 Å². The lowest BCUT2D eigenvalue weighted by atomic mass is 9.95. The first-order valence-electron chi connectivity index (χ1n) is 11.1. The SMILES string of the molecule is COc1ccc(NC(=O)N[C@@H]2CCCN(c3ccc(C4(CNS(C)(=O)=O)CC4)cc3)C2=O)nc1. The Balaban J connectivity index is 1.37. The molecule has 0 spiro atoms. The lowest BCUT2D eigenvalue weighted by Gasteiger charge is -2.33. The van der Waals surface area contributed by atoms with Crippen molar-refractivity contribution in [2.45, 2.75) is 37.1 Å². The molecule has 3 amide bonds. The lowest BCUT2D eigenvalue weighted by Crippen LogP contribution is -2.53. The minimum Gasteiger partial charge on any atom is -0.495 e. The van der Waals surface area contributed by atoms with Crippen LogP contribution in [0.4, 0.5) is 16.3 Å². The van der Waals surface area contributed by atoms with Crippen molar-refractivity contribution in [2.75, 3.05) is 36.7 Å². The molecule has 2 aliphatic rings. The van der Waals surface area contributed by atoms with Gasteiger partial charge in [0.2, 0.25) is 15.9 Å². The summed E-state index contributed by atoms with van der Waals surface area (Å²) in [5.41, 5.74) is 1.63. The van der Waals surface area contributed by atoms with Gasteiger partial charge in [-0.2, -0.15) is 0 Å². The van der Waals surface area contributed by atoms with Crippen molar-refractivity contribution >= 4 is 33.5 Å². The van der Waals surface area contributed by atoms with E-state index >= 15 is 0 Å². The standard InChI is InChI=1S/C23H29N5O5S/c1-33-18-9-10-20(24-14-18)27-22(30)26-19-4-3-13-28(21(19)29)17-7-5-16(6-8-17)23(11-12-23)15-25-34(2,31)32/h5-10,14,19,25H,3-4,11-13,15H2,1-2H3,(H2,24,26,27,30)/t19-/m1/s1. The lowest BCUT2D eigenvalue weighted by molar-refractivity contribution is -0.121. The number of hydrogen-bond acceptors (Lipinski definition) is 6. The molecule has 2 heterocycles. The Bertz CT molecular complexity index is 1150. The Morgan fingerprint density at radius 1 is 1.21 bits per heavy atom. The first kappa shape index (κ1) is 24.0. The van der Waals surface area contributed by atoms with E-state index in [9.17, 15) is 18.0 Å². The third kappa shape index (κ3) is 5.65. The van der Waals surface area contributed by atoms with Gasteiger partial charge in [0.25, 0.3) is 0 Å². The zero-order chi connectivity index (χ0) is 24.3. The number of rotatable bonds is 8. The maximum absolute atomic E-state index is 13.1. The van der Waals surface area contributed by atoms with Gasteiger partial charge in [-0.3, -0.25) is 10.1 Å². The highest BCUT2D eigenvalue weighted by Crippen LogP contribution is 2.48. The predicted octanol–water partition coefficient (Wildman–Crippen LogP) is 1.99. The van der Waals surface area contributed by atoms with Gasteiger partial charge in [-0.25, -0.2) is 22.9 Å². The van der Waals surface area contributed by atoms with E-state index in [0.29, 0.717) is 31.1 Å². The maximum atomic E-state index is 13.1. The molecule has 1 saturated carbocycles. The van der Waals surface area contributed by atoms with Gasteiger partial charge in [-0.05, 0) is 55.5 Å². The van der Waals surface area contributed by atoms with Crippen LogP contribution in [-0.2, 0) is 20.2 Å². The van der Waals surface area contributed by atoms with Crippen molar-refractivity contribution in [2.24, 2.45) is 0 Å². The molecule has 1 aliphatic carbocycles. The third-order valence-corrected chi connectivity index (χ3v) is 6.94. The maximum Gasteiger partial charge on any atom is 0.321 e. The van der Waals surface area contributed by atoms with Gasteiger partial charge in [0.1, 0.15) is 17.6 Å². The molecule has 4 rings (SSSR count). The van der Waals surface area contributed by atoms with Gasteiger partial charge in [-0.1, -0.05) is 12.1 Å². The average Bonchev–Trinajstić information content (AvgIpc) is 3.61. The monoisotopic (exact) mass is 487 g/mol. The predicted molar refractivity (Wildman–Crippen MR) is 129 cm³/mol. The normalized spacial score (nSPS) is 19.4. The van der Waals surface area contributed by atoms with Crippen LogP contribution in [-0.4, -0.2) is 57.8 Å². The quantitative estimate of drug-likeness (QED) is 0.522. The number of hydrogen-bond donors (Lipinski definition) is 3. The topological polar surface area (TPSA) is 130 Å². The number of amides is 3. The van der Waals surface area contributed by atoms with E-state index in [0.717, 1.165) is 36.8 Å². The van der Waals surface area contributed by atoms with Crippen molar-refractivity contribution < 1.29 is 22.7 Å². The van der Waals surface area contributed by atoms with E-state index < -0.39 is 22.1 Å². The molecule has 10 nitrogen and oxygen atoms in total.